The molecule has 0 atom stereocenters. The van der Waals surface area contributed by atoms with Crippen molar-refractivity contribution in [2.24, 2.45) is 0 Å². The van der Waals surface area contributed by atoms with E-state index in [1.165, 1.54) is 22.6 Å². The number of nitrogens with two attached hydrogens (primary N) is 1. The van der Waals surface area contributed by atoms with E-state index in [0.29, 0.717) is 12.2 Å². The molecule has 2 aromatic rings. The second-order valence-electron chi connectivity index (χ2n) is 3.79. The summed E-state index contributed by atoms with van der Waals surface area (Å²) in [4.78, 5) is 7.80. The summed E-state index contributed by atoms with van der Waals surface area (Å²) in [6.07, 6.45) is 4.48. The van der Waals surface area contributed by atoms with Gasteiger partial charge in [0, 0.05) is 31.2 Å². The first-order valence-electron chi connectivity index (χ1n) is 5.70. The molecule has 0 radical (unpaired) electrons. The van der Waals surface area contributed by atoms with Gasteiger partial charge in [0.25, 0.3) is 10.0 Å². The zero-order valence-corrected chi connectivity index (χ0v) is 11.2. The smallest absolute Gasteiger partial charge is 0.264 e. The van der Waals surface area contributed by atoms with Crippen LogP contribution in [0, 0.1) is 0 Å². The van der Waals surface area contributed by atoms with Gasteiger partial charge in [-0.25, -0.2) is 13.4 Å². The minimum absolute atomic E-state index is 0.124. The molecule has 0 aliphatic heterocycles. The fraction of sp³-hybridized carbons (Fsp3) is 0.167. The van der Waals surface area contributed by atoms with Crippen LogP contribution in [0.1, 0.15) is 6.92 Å². The Morgan fingerprint density at radius 1 is 1.21 bits per heavy atom. The van der Waals surface area contributed by atoms with Crippen molar-refractivity contribution >= 4 is 21.5 Å². The molecule has 7 heteroatoms. The summed E-state index contributed by atoms with van der Waals surface area (Å²) >= 11 is 0. The molecule has 0 aliphatic carbocycles. The predicted molar refractivity (Wildman–Crippen MR) is 73.1 cm³/mol. The quantitative estimate of drug-likeness (QED) is 0.909. The molecule has 19 heavy (non-hydrogen) atoms. The van der Waals surface area contributed by atoms with Crippen molar-refractivity contribution in [1.82, 2.24) is 9.97 Å². The molecule has 0 amide bonds. The van der Waals surface area contributed by atoms with Crippen molar-refractivity contribution in [3.63, 3.8) is 0 Å². The molecular formula is C12H14N4O2S. The van der Waals surface area contributed by atoms with Crippen LogP contribution in [0.3, 0.4) is 0 Å². The summed E-state index contributed by atoms with van der Waals surface area (Å²) in [7, 11) is -3.64. The molecule has 2 aromatic heterocycles. The molecule has 100 valence electrons. The number of nitrogens with zero attached hydrogens (tertiary/aromatic N) is 3. The molecule has 0 saturated heterocycles. The number of aromatic nitrogens is 2. The van der Waals surface area contributed by atoms with Gasteiger partial charge in [-0.15, -0.1) is 0 Å². The summed E-state index contributed by atoms with van der Waals surface area (Å²) in [5.41, 5.74) is 6.09. The minimum Gasteiger partial charge on any atom is -0.384 e. The number of anilines is 2. The van der Waals surface area contributed by atoms with Crippen molar-refractivity contribution in [3.8, 4) is 0 Å². The van der Waals surface area contributed by atoms with Gasteiger partial charge in [0.2, 0.25) is 0 Å². The molecule has 6 nitrogen and oxygen atoms in total. The van der Waals surface area contributed by atoms with Crippen LogP contribution < -0.4 is 10.0 Å². The molecular weight excluding hydrogens is 264 g/mol. The van der Waals surface area contributed by atoms with Crippen molar-refractivity contribution in [2.45, 2.75) is 11.8 Å². The summed E-state index contributed by atoms with van der Waals surface area (Å²) < 4.78 is 26.4. The molecule has 0 fully saturated rings. The topological polar surface area (TPSA) is 89.2 Å². The van der Waals surface area contributed by atoms with Gasteiger partial charge in [-0.2, -0.15) is 0 Å². The lowest BCUT2D eigenvalue weighted by atomic mass is 10.4. The Hall–Kier alpha value is -2.15. The van der Waals surface area contributed by atoms with E-state index in [1.807, 2.05) is 0 Å². The van der Waals surface area contributed by atoms with E-state index >= 15 is 0 Å². The SMILES string of the molecule is CCN(c1ccncc1)S(=O)(=O)c1ccnc(N)c1. The van der Waals surface area contributed by atoms with Gasteiger partial charge < -0.3 is 5.73 Å². The first-order valence-corrected chi connectivity index (χ1v) is 7.14. The third-order valence-electron chi connectivity index (χ3n) is 2.58. The molecule has 0 aliphatic rings. The molecule has 0 spiro atoms. The first kappa shape index (κ1) is 13.3. The van der Waals surface area contributed by atoms with Crippen LogP contribution in [-0.2, 0) is 10.0 Å². The number of pyridine rings is 2. The average Bonchev–Trinajstić information content (AvgIpc) is 2.40. The highest BCUT2D eigenvalue weighted by Crippen LogP contribution is 2.23. The Kier molecular flexibility index (Phi) is 3.66. The Morgan fingerprint density at radius 2 is 1.89 bits per heavy atom. The standard InChI is InChI=1S/C12H14N4O2S/c1-2-16(10-3-6-14-7-4-10)19(17,18)11-5-8-15-12(13)9-11/h3-9H,2H2,1H3,(H2,13,15). The molecule has 0 bridgehead atoms. The van der Waals surface area contributed by atoms with Gasteiger partial charge in [-0.05, 0) is 25.1 Å². The van der Waals surface area contributed by atoms with E-state index in [1.54, 1.807) is 31.5 Å². The maximum Gasteiger partial charge on any atom is 0.264 e. The molecule has 0 saturated carbocycles. The number of sulfonamides is 1. The monoisotopic (exact) mass is 278 g/mol. The molecule has 2 N–H and O–H groups in total. The lowest BCUT2D eigenvalue weighted by Gasteiger charge is -2.22. The Bertz CT molecular complexity index is 658. The van der Waals surface area contributed by atoms with Crippen LogP contribution in [0.5, 0.6) is 0 Å². The third-order valence-corrected chi connectivity index (χ3v) is 4.48. The summed E-state index contributed by atoms with van der Waals surface area (Å²) in [6, 6.07) is 6.06. The maximum atomic E-state index is 12.5. The van der Waals surface area contributed by atoms with E-state index in [2.05, 4.69) is 9.97 Å². The van der Waals surface area contributed by atoms with E-state index in [4.69, 9.17) is 5.73 Å². The van der Waals surface area contributed by atoms with Crippen LogP contribution in [-0.4, -0.2) is 24.9 Å². The highest BCUT2D eigenvalue weighted by Gasteiger charge is 2.23. The number of nitrogen functional groups attached to an aromatic ring is 1. The van der Waals surface area contributed by atoms with E-state index < -0.39 is 10.0 Å². The van der Waals surface area contributed by atoms with Crippen LogP contribution in [0.4, 0.5) is 11.5 Å². The van der Waals surface area contributed by atoms with Crippen molar-refractivity contribution in [1.29, 1.82) is 0 Å². The second kappa shape index (κ2) is 5.23. The largest absolute Gasteiger partial charge is 0.384 e. The highest BCUT2D eigenvalue weighted by atomic mass is 32.2. The number of rotatable bonds is 4. The van der Waals surface area contributed by atoms with E-state index in [9.17, 15) is 8.42 Å². The van der Waals surface area contributed by atoms with Crippen molar-refractivity contribution in [2.75, 3.05) is 16.6 Å². The average molecular weight is 278 g/mol. The van der Waals surface area contributed by atoms with E-state index in [-0.39, 0.29) is 10.7 Å². The normalized spacial score (nSPS) is 11.2. The Labute approximate surface area is 112 Å². The van der Waals surface area contributed by atoms with Crippen LogP contribution in [0.2, 0.25) is 0 Å². The van der Waals surface area contributed by atoms with Gasteiger partial charge in [-0.1, -0.05) is 0 Å². The van der Waals surface area contributed by atoms with Gasteiger partial charge in [-0.3, -0.25) is 9.29 Å². The highest BCUT2D eigenvalue weighted by molar-refractivity contribution is 7.92. The van der Waals surface area contributed by atoms with E-state index in [0.717, 1.165) is 0 Å². The Balaban J connectivity index is 2.48. The molecule has 0 unspecified atom stereocenters. The fourth-order valence-electron chi connectivity index (χ4n) is 1.72. The third kappa shape index (κ3) is 2.65. The second-order valence-corrected chi connectivity index (χ2v) is 5.65. The molecule has 0 aromatic carbocycles. The molecule has 2 rings (SSSR count). The van der Waals surface area contributed by atoms with Crippen molar-refractivity contribution < 1.29 is 8.42 Å². The zero-order chi connectivity index (χ0) is 13.9. The zero-order valence-electron chi connectivity index (χ0n) is 10.4. The lowest BCUT2D eigenvalue weighted by Crippen LogP contribution is -2.30. The van der Waals surface area contributed by atoms with Crippen LogP contribution >= 0.6 is 0 Å². The van der Waals surface area contributed by atoms with Gasteiger partial charge >= 0.3 is 0 Å². The Morgan fingerprint density at radius 3 is 2.47 bits per heavy atom. The summed E-state index contributed by atoms with van der Waals surface area (Å²) in [5.74, 6) is 0.173. The fourth-order valence-corrected chi connectivity index (χ4v) is 3.21. The summed E-state index contributed by atoms with van der Waals surface area (Å²) in [5, 5.41) is 0. The van der Waals surface area contributed by atoms with Gasteiger partial charge in [0.05, 0.1) is 10.6 Å². The molecule has 2 heterocycles. The first-order chi connectivity index (χ1) is 9.05. The van der Waals surface area contributed by atoms with Crippen LogP contribution in [0.25, 0.3) is 0 Å². The van der Waals surface area contributed by atoms with Crippen molar-refractivity contribution in [3.05, 3.63) is 42.9 Å². The predicted octanol–water partition coefficient (Wildman–Crippen LogP) is 1.27. The van der Waals surface area contributed by atoms with Gasteiger partial charge in [0.15, 0.2) is 0 Å². The number of hydrogen-bond donors (Lipinski definition) is 1. The summed E-state index contributed by atoms with van der Waals surface area (Å²) in [6.45, 7) is 2.08. The maximum absolute atomic E-state index is 12.5. The lowest BCUT2D eigenvalue weighted by molar-refractivity contribution is 0.591. The van der Waals surface area contributed by atoms with Gasteiger partial charge in [0.1, 0.15) is 5.82 Å². The minimum atomic E-state index is -3.64. The van der Waals surface area contributed by atoms with Crippen LogP contribution in [0.15, 0.2) is 47.8 Å². The number of hydrogen-bond acceptors (Lipinski definition) is 5.